The van der Waals surface area contributed by atoms with Gasteiger partial charge in [-0.2, -0.15) is 0 Å². The molecular weight excluding hydrogens is 196 g/mol. The molecular formula is C6H6CuN2O2+2. The molecule has 1 rings (SSSR count). The van der Waals surface area contributed by atoms with E-state index in [1.807, 2.05) is 5.48 Å². The molecule has 4 nitrogen and oxygen atoms in total. The van der Waals surface area contributed by atoms with E-state index in [2.05, 4.69) is 5.18 Å². The minimum atomic E-state index is 0. The quantitative estimate of drug-likeness (QED) is 0.436. The Bertz CT molecular complexity index is 242. The number of nitrogens with zero attached hydrogens (tertiary/aromatic N) is 1. The predicted octanol–water partition coefficient (Wildman–Crippen LogP) is 1.88. The molecule has 0 amide bonds. The van der Waals surface area contributed by atoms with Crippen molar-refractivity contribution in [1.29, 1.82) is 0 Å². The molecule has 0 aliphatic carbocycles. The molecule has 1 radical (unpaired) electrons. The fourth-order valence-corrected chi connectivity index (χ4v) is 0.648. The van der Waals surface area contributed by atoms with Crippen LogP contribution in [0.1, 0.15) is 0 Å². The summed E-state index contributed by atoms with van der Waals surface area (Å²) in [5, 5.41) is 11.1. The maximum atomic E-state index is 9.99. The number of benzene rings is 1. The van der Waals surface area contributed by atoms with Crippen LogP contribution in [0.3, 0.4) is 0 Å². The predicted molar refractivity (Wildman–Crippen MR) is 37.3 cm³/mol. The van der Waals surface area contributed by atoms with Crippen molar-refractivity contribution in [1.82, 2.24) is 0 Å². The first-order valence-corrected chi connectivity index (χ1v) is 2.71. The third-order valence-corrected chi connectivity index (χ3v) is 1.12. The Labute approximate surface area is 74.0 Å². The summed E-state index contributed by atoms with van der Waals surface area (Å²) in [6.45, 7) is 0. The number of hydrogen-bond acceptors (Lipinski definition) is 4. The van der Waals surface area contributed by atoms with Crippen molar-refractivity contribution in [3.63, 3.8) is 0 Å². The number of rotatable bonds is 2. The summed E-state index contributed by atoms with van der Waals surface area (Å²) in [5.74, 6) is 0. The minimum absolute atomic E-state index is 0. The molecule has 0 saturated heterocycles. The average Bonchev–Trinajstić information content (AvgIpc) is 2.04. The summed E-state index contributed by atoms with van der Waals surface area (Å²) >= 11 is 0. The van der Waals surface area contributed by atoms with Crippen LogP contribution in [-0.2, 0) is 17.1 Å². The average molecular weight is 202 g/mol. The van der Waals surface area contributed by atoms with Crippen LogP contribution in [0.5, 0.6) is 0 Å². The Morgan fingerprint density at radius 3 is 2.45 bits per heavy atom. The van der Waals surface area contributed by atoms with E-state index in [-0.39, 0.29) is 22.8 Å². The maximum absolute atomic E-state index is 9.99. The molecule has 1 aromatic rings. The van der Waals surface area contributed by atoms with E-state index in [9.17, 15) is 4.91 Å². The first-order valence-electron chi connectivity index (χ1n) is 2.71. The molecule has 0 spiro atoms. The summed E-state index contributed by atoms with van der Waals surface area (Å²) in [6.07, 6.45) is 0. The first-order chi connectivity index (χ1) is 4.88. The van der Waals surface area contributed by atoms with E-state index in [4.69, 9.17) is 5.21 Å². The van der Waals surface area contributed by atoms with Crippen LogP contribution >= 0.6 is 0 Å². The number of nitroso groups, excluding NO2 is 1. The fourth-order valence-electron chi connectivity index (χ4n) is 0.648. The number of nitrogens with one attached hydrogen (secondary N) is 1. The maximum Gasteiger partial charge on any atom is 2.00 e. The largest absolute Gasteiger partial charge is 2.00 e. The molecule has 0 aromatic heterocycles. The summed E-state index contributed by atoms with van der Waals surface area (Å²) in [5.41, 5.74) is 2.37. The van der Waals surface area contributed by atoms with Crippen LogP contribution in [0.2, 0.25) is 0 Å². The number of hydrogen-bond donors (Lipinski definition) is 2. The van der Waals surface area contributed by atoms with Crippen LogP contribution in [-0.4, -0.2) is 5.21 Å². The van der Waals surface area contributed by atoms with Gasteiger partial charge in [0.1, 0.15) is 5.69 Å². The Balaban J connectivity index is 0.000001000. The van der Waals surface area contributed by atoms with E-state index in [0.717, 1.165) is 0 Å². The second-order valence-electron chi connectivity index (χ2n) is 1.72. The molecule has 0 unspecified atom stereocenters. The molecule has 5 heteroatoms. The van der Waals surface area contributed by atoms with Gasteiger partial charge in [0.05, 0.1) is 5.69 Å². The van der Waals surface area contributed by atoms with Crippen molar-refractivity contribution in [3.8, 4) is 0 Å². The molecule has 0 bridgehead atoms. The van der Waals surface area contributed by atoms with Crippen molar-refractivity contribution in [2.45, 2.75) is 0 Å². The third kappa shape index (κ3) is 2.31. The Kier molecular flexibility index (Phi) is 4.45. The second kappa shape index (κ2) is 4.85. The molecule has 0 aliphatic rings. The van der Waals surface area contributed by atoms with Gasteiger partial charge in [-0.15, -0.1) is 4.91 Å². The molecule has 0 saturated carbocycles. The Morgan fingerprint density at radius 2 is 2.00 bits per heavy atom. The minimum Gasteiger partial charge on any atom is -0.291 e. The summed E-state index contributed by atoms with van der Waals surface area (Å²) in [4.78, 5) is 9.99. The van der Waals surface area contributed by atoms with E-state index in [1.54, 1.807) is 18.2 Å². The van der Waals surface area contributed by atoms with E-state index in [1.165, 1.54) is 6.07 Å². The number of para-hydroxylation sites is 1. The standard InChI is InChI=1S/C6H6N2O2.Cu/c9-7-5-3-1-2-4-6(5)8-10;/h1-4,7,9H;/q;+2. The topological polar surface area (TPSA) is 61.7 Å². The number of anilines is 1. The van der Waals surface area contributed by atoms with Crippen LogP contribution in [0, 0.1) is 4.91 Å². The van der Waals surface area contributed by atoms with E-state index >= 15 is 0 Å². The molecule has 0 aliphatic heterocycles. The van der Waals surface area contributed by atoms with Crippen LogP contribution in [0.25, 0.3) is 0 Å². The third-order valence-electron chi connectivity index (χ3n) is 1.12. The van der Waals surface area contributed by atoms with Crippen LogP contribution in [0.4, 0.5) is 11.4 Å². The van der Waals surface area contributed by atoms with Gasteiger partial charge in [-0.1, -0.05) is 12.1 Å². The van der Waals surface area contributed by atoms with Gasteiger partial charge in [0.2, 0.25) is 0 Å². The van der Waals surface area contributed by atoms with Crippen molar-refractivity contribution >= 4 is 11.4 Å². The zero-order chi connectivity index (χ0) is 7.40. The molecule has 11 heavy (non-hydrogen) atoms. The van der Waals surface area contributed by atoms with Gasteiger partial charge in [-0.25, -0.2) is 0 Å². The van der Waals surface area contributed by atoms with Gasteiger partial charge in [-0.05, 0) is 17.3 Å². The summed E-state index contributed by atoms with van der Waals surface area (Å²) in [7, 11) is 0. The van der Waals surface area contributed by atoms with Gasteiger partial charge in [0.25, 0.3) is 0 Å². The second-order valence-corrected chi connectivity index (χ2v) is 1.72. The van der Waals surface area contributed by atoms with Gasteiger partial charge in [0.15, 0.2) is 0 Å². The van der Waals surface area contributed by atoms with Crippen molar-refractivity contribution in [2.24, 2.45) is 5.18 Å². The van der Waals surface area contributed by atoms with Gasteiger partial charge in [-0.3, -0.25) is 10.7 Å². The van der Waals surface area contributed by atoms with Gasteiger partial charge in [0, 0.05) is 0 Å². The molecule has 2 N–H and O–H groups in total. The Morgan fingerprint density at radius 1 is 1.36 bits per heavy atom. The van der Waals surface area contributed by atoms with Gasteiger partial charge >= 0.3 is 17.1 Å². The molecule has 1 aromatic carbocycles. The van der Waals surface area contributed by atoms with Crippen molar-refractivity contribution < 1.29 is 22.3 Å². The van der Waals surface area contributed by atoms with Crippen molar-refractivity contribution in [3.05, 3.63) is 29.2 Å². The molecule has 0 heterocycles. The van der Waals surface area contributed by atoms with E-state index < -0.39 is 0 Å². The molecule has 61 valence electrons. The fraction of sp³-hybridized carbons (Fsp3) is 0. The first kappa shape index (κ1) is 10.1. The molecule has 0 fully saturated rings. The van der Waals surface area contributed by atoms with Gasteiger partial charge < -0.3 is 0 Å². The monoisotopic (exact) mass is 201 g/mol. The van der Waals surface area contributed by atoms with Crippen LogP contribution in [0.15, 0.2) is 29.4 Å². The summed E-state index contributed by atoms with van der Waals surface area (Å²) < 4.78 is 0. The molecule has 0 atom stereocenters. The van der Waals surface area contributed by atoms with E-state index in [0.29, 0.717) is 5.69 Å². The normalized spacial score (nSPS) is 8.09. The zero-order valence-electron chi connectivity index (χ0n) is 5.41. The SMILES string of the molecule is O=Nc1ccccc1NO.[Cu+2]. The summed E-state index contributed by atoms with van der Waals surface area (Å²) in [6, 6.07) is 6.41. The smallest absolute Gasteiger partial charge is 0.291 e. The Hall–Kier alpha value is -0.901. The zero-order valence-corrected chi connectivity index (χ0v) is 6.36. The van der Waals surface area contributed by atoms with Crippen molar-refractivity contribution in [2.75, 3.05) is 5.48 Å². The van der Waals surface area contributed by atoms with Crippen LogP contribution < -0.4 is 5.48 Å².